The first-order valence-corrected chi connectivity index (χ1v) is 7.54. The monoisotopic (exact) mass is 319 g/mol. The van der Waals surface area contributed by atoms with E-state index in [1.165, 1.54) is 12.1 Å². The molecule has 118 valence electrons. The SMILES string of the molecule is Cc1nc(-c2ccncc2)c2c(C)nn(-c3ccc(F)cc3)c2n1. The number of hydrogen-bond acceptors (Lipinski definition) is 4. The summed E-state index contributed by atoms with van der Waals surface area (Å²) in [6.45, 7) is 3.77. The number of aryl methyl sites for hydroxylation is 2. The van der Waals surface area contributed by atoms with Crippen molar-refractivity contribution in [3.05, 3.63) is 66.1 Å². The van der Waals surface area contributed by atoms with Crippen molar-refractivity contribution in [1.29, 1.82) is 0 Å². The molecule has 0 saturated heterocycles. The van der Waals surface area contributed by atoms with Gasteiger partial charge in [-0.3, -0.25) is 4.98 Å². The molecule has 6 heteroatoms. The maximum atomic E-state index is 13.2. The third kappa shape index (κ3) is 2.32. The zero-order valence-electron chi connectivity index (χ0n) is 13.2. The van der Waals surface area contributed by atoms with Gasteiger partial charge in [-0.05, 0) is 50.2 Å². The molecule has 0 fully saturated rings. The van der Waals surface area contributed by atoms with Gasteiger partial charge in [-0.25, -0.2) is 19.0 Å². The highest BCUT2D eigenvalue weighted by Gasteiger charge is 2.17. The number of hydrogen-bond donors (Lipinski definition) is 0. The molecule has 24 heavy (non-hydrogen) atoms. The van der Waals surface area contributed by atoms with E-state index in [4.69, 9.17) is 0 Å². The molecule has 3 heterocycles. The van der Waals surface area contributed by atoms with Gasteiger partial charge in [0.25, 0.3) is 0 Å². The second-order valence-electron chi connectivity index (χ2n) is 5.53. The summed E-state index contributed by atoms with van der Waals surface area (Å²) in [5.41, 5.74) is 4.07. The lowest BCUT2D eigenvalue weighted by molar-refractivity contribution is 0.627. The minimum Gasteiger partial charge on any atom is -0.265 e. The van der Waals surface area contributed by atoms with Crippen LogP contribution in [-0.4, -0.2) is 24.7 Å². The fourth-order valence-corrected chi connectivity index (χ4v) is 2.77. The Kier molecular flexibility index (Phi) is 3.30. The van der Waals surface area contributed by atoms with Gasteiger partial charge in [-0.15, -0.1) is 0 Å². The highest BCUT2D eigenvalue weighted by atomic mass is 19.1. The first-order chi connectivity index (χ1) is 11.6. The summed E-state index contributed by atoms with van der Waals surface area (Å²) in [6.07, 6.45) is 3.47. The lowest BCUT2D eigenvalue weighted by atomic mass is 10.1. The van der Waals surface area contributed by atoms with E-state index in [0.717, 1.165) is 28.0 Å². The lowest BCUT2D eigenvalue weighted by Gasteiger charge is -2.06. The fourth-order valence-electron chi connectivity index (χ4n) is 2.77. The maximum Gasteiger partial charge on any atom is 0.167 e. The van der Waals surface area contributed by atoms with Gasteiger partial charge in [0.1, 0.15) is 11.6 Å². The van der Waals surface area contributed by atoms with Crippen LogP contribution in [0.25, 0.3) is 28.0 Å². The average Bonchev–Trinajstić information content (AvgIpc) is 2.92. The highest BCUT2D eigenvalue weighted by Crippen LogP contribution is 2.29. The van der Waals surface area contributed by atoms with E-state index < -0.39 is 0 Å². The van der Waals surface area contributed by atoms with Crippen LogP contribution in [0.1, 0.15) is 11.5 Å². The molecule has 4 rings (SSSR count). The quantitative estimate of drug-likeness (QED) is 0.566. The van der Waals surface area contributed by atoms with Crippen LogP contribution in [0, 0.1) is 19.7 Å². The van der Waals surface area contributed by atoms with Crippen LogP contribution in [0.5, 0.6) is 0 Å². The van der Waals surface area contributed by atoms with Crippen molar-refractivity contribution in [2.45, 2.75) is 13.8 Å². The molecule has 1 aromatic carbocycles. The van der Waals surface area contributed by atoms with Gasteiger partial charge in [-0.2, -0.15) is 5.10 Å². The Morgan fingerprint density at radius 2 is 1.62 bits per heavy atom. The third-order valence-electron chi connectivity index (χ3n) is 3.84. The summed E-state index contributed by atoms with van der Waals surface area (Å²) in [5.74, 6) is 0.368. The Morgan fingerprint density at radius 3 is 2.33 bits per heavy atom. The van der Waals surface area contributed by atoms with Gasteiger partial charge >= 0.3 is 0 Å². The molecule has 0 spiro atoms. The third-order valence-corrected chi connectivity index (χ3v) is 3.84. The van der Waals surface area contributed by atoms with Crippen molar-refractivity contribution in [3.8, 4) is 16.9 Å². The molecule has 0 radical (unpaired) electrons. The van der Waals surface area contributed by atoms with Gasteiger partial charge in [-0.1, -0.05) is 0 Å². The Balaban J connectivity index is 2.03. The minimum absolute atomic E-state index is 0.282. The molecule has 0 aliphatic rings. The molecule has 0 aliphatic heterocycles. The van der Waals surface area contributed by atoms with E-state index in [0.29, 0.717) is 11.5 Å². The predicted molar refractivity (Wildman–Crippen MR) is 89.3 cm³/mol. The summed E-state index contributed by atoms with van der Waals surface area (Å²) in [4.78, 5) is 13.2. The number of halogens is 1. The second kappa shape index (κ2) is 5.49. The van der Waals surface area contributed by atoms with Crippen LogP contribution in [-0.2, 0) is 0 Å². The number of benzene rings is 1. The van der Waals surface area contributed by atoms with Crippen LogP contribution in [0.4, 0.5) is 4.39 Å². The summed E-state index contributed by atoms with van der Waals surface area (Å²) in [7, 11) is 0. The van der Waals surface area contributed by atoms with Crippen LogP contribution < -0.4 is 0 Å². The van der Waals surface area contributed by atoms with E-state index in [1.807, 2.05) is 26.0 Å². The van der Waals surface area contributed by atoms with Gasteiger partial charge in [0.2, 0.25) is 0 Å². The van der Waals surface area contributed by atoms with Crippen molar-refractivity contribution in [2.24, 2.45) is 0 Å². The second-order valence-corrected chi connectivity index (χ2v) is 5.53. The lowest BCUT2D eigenvalue weighted by Crippen LogP contribution is -2.00. The van der Waals surface area contributed by atoms with Crippen LogP contribution in [0.3, 0.4) is 0 Å². The summed E-state index contributed by atoms with van der Waals surface area (Å²) < 4.78 is 14.9. The molecule has 0 bridgehead atoms. The zero-order chi connectivity index (χ0) is 16.7. The van der Waals surface area contributed by atoms with Gasteiger partial charge in [0.15, 0.2) is 5.65 Å². The summed E-state index contributed by atoms with van der Waals surface area (Å²) in [6, 6.07) is 10.0. The van der Waals surface area contributed by atoms with Gasteiger partial charge in [0, 0.05) is 18.0 Å². The molecule has 4 aromatic rings. The number of aromatic nitrogens is 5. The molecule has 0 saturated carbocycles. The van der Waals surface area contributed by atoms with Crippen molar-refractivity contribution in [1.82, 2.24) is 24.7 Å². The Labute approximate surface area is 137 Å². The Hall–Kier alpha value is -3.15. The van der Waals surface area contributed by atoms with Gasteiger partial charge < -0.3 is 0 Å². The first-order valence-electron chi connectivity index (χ1n) is 7.54. The standard InChI is InChI=1S/C18H14FN5/c1-11-16-17(13-7-9-20-10-8-13)21-12(2)22-18(16)24(23-11)15-5-3-14(19)4-6-15/h3-10H,1-2H3. The fraction of sp³-hybridized carbons (Fsp3) is 0.111. The molecule has 0 amide bonds. The summed E-state index contributed by atoms with van der Waals surface area (Å²) >= 11 is 0. The van der Waals surface area contributed by atoms with Crippen molar-refractivity contribution >= 4 is 11.0 Å². The Bertz CT molecular complexity index is 1020. The largest absolute Gasteiger partial charge is 0.265 e. The highest BCUT2D eigenvalue weighted by molar-refractivity contribution is 5.93. The molecule has 0 aliphatic carbocycles. The molecule has 0 atom stereocenters. The van der Waals surface area contributed by atoms with Gasteiger partial charge in [0.05, 0.1) is 22.5 Å². The normalized spacial score (nSPS) is 11.1. The Morgan fingerprint density at radius 1 is 0.917 bits per heavy atom. The molecular formula is C18H14FN5. The number of nitrogens with zero attached hydrogens (tertiary/aromatic N) is 5. The number of fused-ring (bicyclic) bond motifs is 1. The number of rotatable bonds is 2. The topological polar surface area (TPSA) is 56.5 Å². The molecule has 0 unspecified atom stereocenters. The predicted octanol–water partition coefficient (Wildman–Crippen LogP) is 3.63. The van der Waals surface area contributed by atoms with E-state index in [2.05, 4.69) is 20.1 Å². The average molecular weight is 319 g/mol. The van der Waals surface area contributed by atoms with E-state index >= 15 is 0 Å². The minimum atomic E-state index is -0.282. The maximum absolute atomic E-state index is 13.2. The smallest absolute Gasteiger partial charge is 0.167 e. The zero-order valence-corrected chi connectivity index (χ0v) is 13.2. The van der Waals surface area contributed by atoms with E-state index in [-0.39, 0.29) is 5.82 Å². The molecule has 5 nitrogen and oxygen atoms in total. The van der Waals surface area contributed by atoms with Crippen molar-refractivity contribution in [2.75, 3.05) is 0 Å². The van der Waals surface area contributed by atoms with Crippen molar-refractivity contribution < 1.29 is 4.39 Å². The molecule has 3 aromatic heterocycles. The van der Waals surface area contributed by atoms with E-state index in [9.17, 15) is 4.39 Å². The molecule has 0 N–H and O–H groups in total. The number of pyridine rings is 1. The van der Waals surface area contributed by atoms with Crippen molar-refractivity contribution in [3.63, 3.8) is 0 Å². The first kappa shape index (κ1) is 14.4. The van der Waals surface area contributed by atoms with E-state index in [1.54, 1.807) is 29.2 Å². The van der Waals surface area contributed by atoms with Crippen LogP contribution >= 0.6 is 0 Å². The van der Waals surface area contributed by atoms with Crippen LogP contribution in [0.2, 0.25) is 0 Å². The summed E-state index contributed by atoms with van der Waals surface area (Å²) in [5, 5.41) is 5.48. The van der Waals surface area contributed by atoms with Crippen LogP contribution in [0.15, 0.2) is 48.8 Å². The molecular weight excluding hydrogens is 305 g/mol.